The van der Waals surface area contributed by atoms with Gasteiger partial charge in [-0.3, -0.25) is 4.79 Å². The number of hydrogen-bond acceptors (Lipinski definition) is 4. The van der Waals surface area contributed by atoms with Gasteiger partial charge >= 0.3 is 6.18 Å². The van der Waals surface area contributed by atoms with E-state index in [0.717, 1.165) is 54.0 Å². The number of allylic oxidation sites excluding steroid dienone is 2. The van der Waals surface area contributed by atoms with Crippen molar-refractivity contribution >= 4 is 5.78 Å². The summed E-state index contributed by atoms with van der Waals surface area (Å²) in [7, 11) is 0. The number of likely N-dealkylation sites (tertiary alicyclic amines) is 1. The summed E-state index contributed by atoms with van der Waals surface area (Å²) in [6, 6.07) is 9.56. The van der Waals surface area contributed by atoms with Crippen molar-refractivity contribution in [1.82, 2.24) is 4.90 Å². The minimum absolute atomic E-state index is 0.0354. The Bertz CT molecular complexity index is 1240. The van der Waals surface area contributed by atoms with E-state index in [9.17, 15) is 22.4 Å². The highest BCUT2D eigenvalue weighted by atomic mass is 19.4. The molecule has 5 atom stereocenters. The van der Waals surface area contributed by atoms with Crippen molar-refractivity contribution in [2.24, 2.45) is 11.8 Å². The Morgan fingerprint density at radius 1 is 1.11 bits per heavy atom. The van der Waals surface area contributed by atoms with Gasteiger partial charge in [-0.15, -0.1) is 0 Å². The summed E-state index contributed by atoms with van der Waals surface area (Å²) in [5.74, 6) is 0.422. The first-order chi connectivity index (χ1) is 18.0. The lowest BCUT2D eigenvalue weighted by Crippen LogP contribution is -2.42. The second-order valence-corrected chi connectivity index (χ2v) is 10.9. The van der Waals surface area contributed by atoms with Crippen LogP contribution >= 0.6 is 0 Å². The highest BCUT2D eigenvalue weighted by Crippen LogP contribution is 2.47. The van der Waals surface area contributed by atoms with Crippen LogP contribution < -0.4 is 0 Å². The molecule has 2 aromatic carbocycles. The molecule has 0 aromatic heterocycles. The number of halogens is 4. The first-order valence-electron chi connectivity index (χ1n) is 13.1. The number of rotatable bonds is 6. The van der Waals surface area contributed by atoms with Gasteiger partial charge in [-0.05, 0) is 67.5 Å². The highest BCUT2D eigenvalue weighted by molar-refractivity contribution is 5.92. The molecule has 0 spiro atoms. The quantitative estimate of drug-likeness (QED) is 0.384. The summed E-state index contributed by atoms with van der Waals surface area (Å²) >= 11 is 0. The SMILES string of the molecule is Cc1ccc(C)c([C@@H]2[C@@H](O[C@H](C)c3cc(CF)cc(C(F)(F)F)c3)OC[C@@H]3CN(C4=CC(=O)CC4)C[C@H]32)c1. The van der Waals surface area contributed by atoms with Gasteiger partial charge in [0, 0.05) is 43.1 Å². The zero-order chi connectivity index (χ0) is 27.2. The molecule has 4 nitrogen and oxygen atoms in total. The van der Waals surface area contributed by atoms with Gasteiger partial charge in [-0.2, -0.15) is 13.2 Å². The zero-order valence-corrected chi connectivity index (χ0v) is 21.9. The van der Waals surface area contributed by atoms with E-state index in [1.165, 1.54) is 6.07 Å². The molecule has 0 bridgehead atoms. The summed E-state index contributed by atoms with van der Waals surface area (Å²) in [6.07, 6.45) is -2.98. The van der Waals surface area contributed by atoms with Gasteiger partial charge in [0.2, 0.25) is 0 Å². The average Bonchev–Trinajstić information content (AvgIpc) is 3.51. The Balaban J connectivity index is 1.46. The zero-order valence-electron chi connectivity index (χ0n) is 21.9. The number of carbonyl (C=O) groups is 1. The predicted molar refractivity (Wildman–Crippen MR) is 135 cm³/mol. The highest BCUT2D eigenvalue weighted by Gasteiger charge is 2.48. The van der Waals surface area contributed by atoms with Crippen molar-refractivity contribution in [2.45, 2.75) is 64.8 Å². The van der Waals surface area contributed by atoms with Crippen molar-refractivity contribution in [3.63, 3.8) is 0 Å². The lowest BCUT2D eigenvalue weighted by molar-refractivity contribution is -0.217. The van der Waals surface area contributed by atoms with Gasteiger partial charge in [-0.25, -0.2) is 4.39 Å². The molecule has 2 saturated heterocycles. The van der Waals surface area contributed by atoms with Gasteiger partial charge in [0.25, 0.3) is 0 Å². The van der Waals surface area contributed by atoms with E-state index in [1.807, 2.05) is 13.8 Å². The van der Waals surface area contributed by atoms with Gasteiger partial charge < -0.3 is 14.4 Å². The molecule has 0 N–H and O–H groups in total. The minimum atomic E-state index is -4.58. The first kappa shape index (κ1) is 26.9. The largest absolute Gasteiger partial charge is 0.416 e. The molecular weight excluding hydrogens is 498 g/mol. The number of benzene rings is 2. The van der Waals surface area contributed by atoms with Gasteiger partial charge in [0.15, 0.2) is 12.1 Å². The van der Waals surface area contributed by atoms with Crippen LogP contribution in [0.15, 0.2) is 48.2 Å². The van der Waals surface area contributed by atoms with Crippen molar-refractivity contribution in [3.05, 3.63) is 81.6 Å². The number of fused-ring (bicyclic) bond motifs is 1. The van der Waals surface area contributed by atoms with E-state index in [-0.39, 0.29) is 34.7 Å². The van der Waals surface area contributed by atoms with Gasteiger partial charge in [0.1, 0.15) is 6.67 Å². The predicted octanol–water partition coefficient (Wildman–Crippen LogP) is 6.80. The molecule has 5 rings (SSSR count). The van der Waals surface area contributed by atoms with Crippen LogP contribution in [0.1, 0.15) is 65.2 Å². The summed E-state index contributed by atoms with van der Waals surface area (Å²) in [6.45, 7) is 6.77. The topological polar surface area (TPSA) is 38.8 Å². The van der Waals surface area contributed by atoms with Crippen molar-refractivity contribution < 1.29 is 31.8 Å². The third-order valence-electron chi connectivity index (χ3n) is 8.18. The third-order valence-corrected chi connectivity index (χ3v) is 8.18. The molecule has 0 saturated carbocycles. The van der Waals surface area contributed by atoms with E-state index < -0.39 is 30.8 Å². The Morgan fingerprint density at radius 3 is 2.58 bits per heavy atom. The van der Waals surface area contributed by atoms with Crippen LogP contribution in [0.4, 0.5) is 17.6 Å². The van der Waals surface area contributed by atoms with Crippen LogP contribution in [0.5, 0.6) is 0 Å². The maximum atomic E-state index is 13.5. The number of ketones is 1. The molecule has 0 radical (unpaired) electrons. The van der Waals surface area contributed by atoms with Crippen LogP contribution in [0.3, 0.4) is 0 Å². The Labute approximate surface area is 220 Å². The minimum Gasteiger partial charge on any atom is -0.374 e. The maximum absolute atomic E-state index is 13.5. The number of alkyl halides is 4. The van der Waals surface area contributed by atoms with Crippen LogP contribution in [-0.4, -0.2) is 36.7 Å². The Hall–Kier alpha value is -2.71. The van der Waals surface area contributed by atoms with E-state index in [2.05, 4.69) is 23.1 Å². The summed E-state index contributed by atoms with van der Waals surface area (Å²) in [5.41, 5.74) is 3.70. The molecule has 0 unspecified atom stereocenters. The number of hydrogen-bond donors (Lipinski definition) is 0. The molecule has 204 valence electrons. The lowest BCUT2D eigenvalue weighted by Gasteiger charge is -2.41. The fourth-order valence-electron chi connectivity index (χ4n) is 6.16. The fourth-order valence-corrected chi connectivity index (χ4v) is 6.16. The second kappa shape index (κ2) is 10.5. The number of nitrogens with zero attached hydrogens (tertiary/aromatic N) is 1. The molecular formula is C30H33F4NO3. The average molecular weight is 532 g/mol. The molecule has 2 aromatic rings. The summed E-state index contributed by atoms with van der Waals surface area (Å²) in [5, 5.41) is 0. The number of aryl methyl sites for hydroxylation is 2. The molecule has 0 amide bonds. The molecule has 8 heteroatoms. The van der Waals surface area contributed by atoms with Gasteiger partial charge in [0.05, 0.1) is 18.3 Å². The van der Waals surface area contributed by atoms with Crippen LogP contribution in [0.25, 0.3) is 0 Å². The molecule has 3 aliphatic rings. The maximum Gasteiger partial charge on any atom is 0.416 e. The molecule has 38 heavy (non-hydrogen) atoms. The first-order valence-corrected chi connectivity index (χ1v) is 13.1. The van der Waals surface area contributed by atoms with Crippen LogP contribution in [0.2, 0.25) is 0 Å². The van der Waals surface area contributed by atoms with E-state index >= 15 is 0 Å². The van der Waals surface area contributed by atoms with E-state index in [4.69, 9.17) is 9.47 Å². The molecule has 1 aliphatic carbocycles. The van der Waals surface area contributed by atoms with E-state index in [0.29, 0.717) is 13.0 Å². The molecule has 2 fully saturated rings. The monoisotopic (exact) mass is 531 g/mol. The summed E-state index contributed by atoms with van der Waals surface area (Å²) in [4.78, 5) is 14.2. The van der Waals surface area contributed by atoms with E-state index in [1.54, 1.807) is 13.0 Å². The standard InChI is InChI=1S/C30H33F4NO3/c1-17-4-5-18(2)26(8-17)28-27-15-35(24-6-7-25(36)12-24)14-22(27)16-37-29(28)38-19(3)21-9-20(13-31)10-23(11-21)30(32,33)34/h4-5,8-12,19,22,27-29H,6-7,13-16H2,1-3H3/t19-,22+,27-,28+,29-/m1/s1. The van der Waals surface area contributed by atoms with Crippen molar-refractivity contribution in [1.29, 1.82) is 0 Å². The normalized spacial score (nSPS) is 26.4. The van der Waals surface area contributed by atoms with Gasteiger partial charge in [-0.1, -0.05) is 29.8 Å². The van der Waals surface area contributed by atoms with Crippen LogP contribution in [-0.2, 0) is 27.1 Å². The van der Waals surface area contributed by atoms with Crippen LogP contribution in [0, 0.1) is 25.7 Å². The summed E-state index contributed by atoms with van der Waals surface area (Å²) < 4.78 is 66.6. The second-order valence-electron chi connectivity index (χ2n) is 10.9. The molecule has 2 aliphatic heterocycles. The Kier molecular flexibility index (Phi) is 7.40. The third kappa shape index (κ3) is 5.38. The van der Waals surface area contributed by atoms with Crippen molar-refractivity contribution in [2.75, 3.05) is 19.7 Å². The molecule has 2 heterocycles. The fraction of sp³-hybridized carbons (Fsp3) is 0.500. The lowest BCUT2D eigenvalue weighted by atomic mass is 9.76. The smallest absolute Gasteiger partial charge is 0.374 e. The van der Waals surface area contributed by atoms with Crippen molar-refractivity contribution in [3.8, 4) is 0 Å². The number of ether oxygens (including phenoxy) is 2. The number of carbonyl (C=O) groups excluding carboxylic acids is 1. The Morgan fingerprint density at radius 2 is 1.89 bits per heavy atom.